The van der Waals surface area contributed by atoms with Gasteiger partial charge in [0, 0.05) is 6.54 Å². The molecule has 3 aromatic rings. The standard InChI is InChI=1S/C22H20F6N4O/c1-31(2)18(14-7-4-3-5-8-14)13-29-20(33)17-12-30-32(19(17)22(26,27)28)16-10-6-9-15(11-16)21(23,24)25/h3-12,18H,13H2,1-2H3,(H,29,33). The van der Waals surface area contributed by atoms with Gasteiger partial charge in [-0.05, 0) is 37.9 Å². The Balaban J connectivity index is 1.93. The van der Waals surface area contributed by atoms with Crippen LogP contribution in [0.3, 0.4) is 0 Å². The first-order chi connectivity index (χ1) is 15.4. The monoisotopic (exact) mass is 470 g/mol. The summed E-state index contributed by atoms with van der Waals surface area (Å²) < 4.78 is 80.9. The average molecular weight is 470 g/mol. The third kappa shape index (κ3) is 5.54. The first-order valence-corrected chi connectivity index (χ1v) is 9.72. The highest BCUT2D eigenvalue weighted by Gasteiger charge is 2.41. The molecule has 2 aromatic carbocycles. The van der Waals surface area contributed by atoms with Crippen molar-refractivity contribution < 1.29 is 31.1 Å². The maximum absolute atomic E-state index is 13.8. The van der Waals surface area contributed by atoms with E-state index in [4.69, 9.17) is 0 Å². The van der Waals surface area contributed by atoms with Gasteiger partial charge < -0.3 is 10.2 Å². The molecule has 0 saturated heterocycles. The molecule has 0 saturated carbocycles. The number of carbonyl (C=O) groups excluding carboxylic acids is 1. The van der Waals surface area contributed by atoms with Crippen LogP contribution in [0.15, 0.2) is 60.8 Å². The predicted molar refractivity (Wildman–Crippen MR) is 109 cm³/mol. The Hall–Kier alpha value is -3.34. The number of halogens is 6. The van der Waals surface area contributed by atoms with Crippen molar-refractivity contribution >= 4 is 5.91 Å². The number of aromatic nitrogens is 2. The lowest BCUT2D eigenvalue weighted by Crippen LogP contribution is -2.35. The zero-order chi connectivity index (χ0) is 24.4. The van der Waals surface area contributed by atoms with Gasteiger partial charge in [-0.1, -0.05) is 36.4 Å². The van der Waals surface area contributed by atoms with Crippen molar-refractivity contribution in [2.24, 2.45) is 0 Å². The maximum Gasteiger partial charge on any atom is 0.434 e. The molecule has 1 atom stereocenters. The highest BCUT2D eigenvalue weighted by atomic mass is 19.4. The van der Waals surface area contributed by atoms with E-state index < -0.39 is 40.8 Å². The lowest BCUT2D eigenvalue weighted by atomic mass is 10.1. The normalized spacial score (nSPS) is 13.2. The smallest absolute Gasteiger partial charge is 0.350 e. The fourth-order valence-corrected chi connectivity index (χ4v) is 3.36. The fourth-order valence-electron chi connectivity index (χ4n) is 3.36. The van der Waals surface area contributed by atoms with Crippen molar-refractivity contribution in [3.63, 3.8) is 0 Å². The van der Waals surface area contributed by atoms with Crippen LogP contribution in [0, 0.1) is 0 Å². The lowest BCUT2D eigenvalue weighted by molar-refractivity contribution is -0.143. The zero-order valence-electron chi connectivity index (χ0n) is 17.6. The van der Waals surface area contributed by atoms with Crippen LogP contribution in [0.1, 0.15) is 33.2 Å². The largest absolute Gasteiger partial charge is 0.434 e. The molecule has 0 spiro atoms. The average Bonchev–Trinajstić information content (AvgIpc) is 3.20. The molecule has 11 heteroatoms. The molecule has 5 nitrogen and oxygen atoms in total. The number of nitrogens with one attached hydrogen (secondary N) is 1. The van der Waals surface area contributed by atoms with Gasteiger partial charge in [0.15, 0.2) is 5.69 Å². The lowest BCUT2D eigenvalue weighted by Gasteiger charge is -2.25. The molecular formula is C22H20F6N4O. The molecule has 0 bridgehead atoms. The molecule has 0 aliphatic heterocycles. The van der Waals surface area contributed by atoms with Crippen LogP contribution in [0.4, 0.5) is 26.3 Å². The number of nitrogens with zero attached hydrogens (tertiary/aromatic N) is 3. The Kier molecular flexibility index (Phi) is 6.82. The summed E-state index contributed by atoms with van der Waals surface area (Å²) in [4.78, 5) is 14.5. The van der Waals surface area contributed by atoms with Crippen molar-refractivity contribution in [3.8, 4) is 5.69 Å². The Bertz CT molecular complexity index is 1110. The highest BCUT2D eigenvalue weighted by molar-refractivity contribution is 5.95. The summed E-state index contributed by atoms with van der Waals surface area (Å²) in [6.45, 7) is 0.00187. The summed E-state index contributed by atoms with van der Waals surface area (Å²) in [7, 11) is 3.52. The number of hydrogen-bond acceptors (Lipinski definition) is 3. The Morgan fingerprint density at radius 1 is 1.00 bits per heavy atom. The number of amides is 1. The fraction of sp³-hybridized carbons (Fsp3) is 0.273. The van der Waals surface area contributed by atoms with Gasteiger partial charge in [0.1, 0.15) is 0 Å². The van der Waals surface area contributed by atoms with Gasteiger partial charge in [0.05, 0.1) is 29.1 Å². The predicted octanol–water partition coefficient (Wildman–Crippen LogP) is 4.94. The van der Waals surface area contributed by atoms with Crippen LogP contribution in [0.2, 0.25) is 0 Å². The van der Waals surface area contributed by atoms with Crippen LogP contribution in [-0.2, 0) is 12.4 Å². The van der Waals surface area contributed by atoms with E-state index in [0.29, 0.717) is 16.9 Å². The van der Waals surface area contributed by atoms with E-state index in [2.05, 4.69) is 10.4 Å². The highest BCUT2D eigenvalue weighted by Crippen LogP contribution is 2.35. The van der Waals surface area contributed by atoms with Gasteiger partial charge >= 0.3 is 12.4 Å². The molecule has 1 N–H and O–H groups in total. The molecule has 3 rings (SSSR count). The quantitative estimate of drug-likeness (QED) is 0.519. The van der Waals surface area contributed by atoms with Crippen molar-refractivity contribution in [1.29, 1.82) is 0 Å². The molecule has 0 fully saturated rings. The minimum absolute atomic E-state index is 0.00187. The third-order valence-electron chi connectivity index (χ3n) is 4.96. The van der Waals surface area contributed by atoms with Crippen molar-refractivity contribution in [3.05, 3.63) is 83.2 Å². The molecule has 0 aliphatic carbocycles. The zero-order valence-corrected chi connectivity index (χ0v) is 17.6. The summed E-state index contributed by atoms with van der Waals surface area (Å²) in [6.07, 6.45) is -9.09. The minimum Gasteiger partial charge on any atom is -0.350 e. The Morgan fingerprint density at radius 2 is 1.67 bits per heavy atom. The van der Waals surface area contributed by atoms with E-state index in [-0.39, 0.29) is 12.6 Å². The molecule has 1 unspecified atom stereocenters. The molecule has 1 heterocycles. The van der Waals surface area contributed by atoms with E-state index in [9.17, 15) is 31.1 Å². The summed E-state index contributed by atoms with van der Waals surface area (Å²) >= 11 is 0. The van der Waals surface area contributed by atoms with Crippen LogP contribution in [0.25, 0.3) is 5.69 Å². The minimum atomic E-state index is -5.04. The van der Waals surface area contributed by atoms with E-state index in [0.717, 1.165) is 23.8 Å². The number of benzene rings is 2. The second-order valence-corrected chi connectivity index (χ2v) is 7.46. The Labute approximate surface area is 185 Å². The third-order valence-corrected chi connectivity index (χ3v) is 4.96. The SMILES string of the molecule is CN(C)C(CNC(=O)c1cnn(-c2cccc(C(F)(F)F)c2)c1C(F)(F)F)c1ccccc1. The number of likely N-dealkylation sites (N-methyl/N-ethyl adjacent to an activating group) is 1. The molecule has 33 heavy (non-hydrogen) atoms. The van der Waals surface area contributed by atoms with Gasteiger partial charge in [-0.2, -0.15) is 31.4 Å². The Morgan fingerprint density at radius 3 is 2.24 bits per heavy atom. The molecule has 0 aliphatic rings. The molecule has 1 aromatic heterocycles. The first-order valence-electron chi connectivity index (χ1n) is 9.72. The molecular weight excluding hydrogens is 450 g/mol. The number of rotatable bonds is 6. The molecule has 0 radical (unpaired) electrons. The molecule has 176 valence electrons. The summed E-state index contributed by atoms with van der Waals surface area (Å²) in [5, 5.41) is 6.05. The van der Waals surface area contributed by atoms with Gasteiger partial charge in [0.2, 0.25) is 0 Å². The number of hydrogen-bond donors (Lipinski definition) is 1. The van der Waals surface area contributed by atoms with Crippen LogP contribution in [-0.4, -0.2) is 41.2 Å². The second kappa shape index (κ2) is 9.26. The van der Waals surface area contributed by atoms with E-state index in [1.165, 1.54) is 0 Å². The maximum atomic E-state index is 13.8. The van der Waals surface area contributed by atoms with Crippen molar-refractivity contribution in [2.75, 3.05) is 20.6 Å². The number of alkyl halides is 6. The number of carbonyl (C=O) groups is 1. The van der Waals surface area contributed by atoms with Crippen molar-refractivity contribution in [1.82, 2.24) is 20.0 Å². The van der Waals surface area contributed by atoms with E-state index in [1.54, 1.807) is 31.1 Å². The van der Waals surface area contributed by atoms with E-state index in [1.807, 2.05) is 18.2 Å². The van der Waals surface area contributed by atoms with Crippen LogP contribution >= 0.6 is 0 Å². The summed E-state index contributed by atoms with van der Waals surface area (Å²) in [6, 6.07) is 12.0. The topological polar surface area (TPSA) is 50.2 Å². The molecule has 1 amide bonds. The van der Waals surface area contributed by atoms with Gasteiger partial charge in [-0.25, -0.2) is 4.68 Å². The second-order valence-electron chi connectivity index (χ2n) is 7.46. The van der Waals surface area contributed by atoms with E-state index >= 15 is 0 Å². The van der Waals surface area contributed by atoms with Crippen molar-refractivity contribution in [2.45, 2.75) is 18.4 Å². The van der Waals surface area contributed by atoms with Crippen LogP contribution < -0.4 is 5.32 Å². The summed E-state index contributed by atoms with van der Waals surface area (Å²) in [5.74, 6) is -1.04. The first kappa shape index (κ1) is 24.3. The van der Waals surface area contributed by atoms with Gasteiger partial charge in [0.25, 0.3) is 5.91 Å². The summed E-state index contributed by atoms with van der Waals surface area (Å²) in [5.41, 5.74) is -3.00. The van der Waals surface area contributed by atoms with Gasteiger partial charge in [-0.15, -0.1) is 0 Å². The van der Waals surface area contributed by atoms with Crippen LogP contribution in [0.5, 0.6) is 0 Å². The van der Waals surface area contributed by atoms with Gasteiger partial charge in [-0.3, -0.25) is 4.79 Å².